The van der Waals surface area contributed by atoms with Crippen LogP contribution in [-0.2, 0) is 4.89 Å². The third-order valence-corrected chi connectivity index (χ3v) is 13.4. The van der Waals surface area contributed by atoms with Gasteiger partial charge in [0.15, 0.2) is 0 Å². The highest BCUT2D eigenvalue weighted by molar-refractivity contribution is 5.30. The van der Waals surface area contributed by atoms with Crippen LogP contribution in [-0.4, -0.2) is 22.6 Å². The van der Waals surface area contributed by atoms with Crippen LogP contribution in [0.5, 0.6) is 0 Å². The quantitative estimate of drug-likeness (QED) is 0.244. The molecular weight excluding hydrogens is 408 g/mol. The van der Waals surface area contributed by atoms with E-state index in [2.05, 4.69) is 41.2 Å². The summed E-state index contributed by atoms with van der Waals surface area (Å²) >= 11 is 0. The van der Waals surface area contributed by atoms with Crippen molar-refractivity contribution in [1.82, 2.24) is 0 Å². The maximum atomic E-state index is 10.9. The molecule has 0 aliphatic heterocycles. The Hall–Kier alpha value is -0.380. The minimum absolute atomic E-state index is 0.0791. The summed E-state index contributed by atoms with van der Waals surface area (Å²) in [5.41, 5.74) is 2.95. The molecule has 0 saturated heterocycles. The number of hydrogen-bond donors (Lipinski definition) is 2. The Morgan fingerprint density at radius 2 is 1.58 bits per heavy atom. The zero-order valence-corrected chi connectivity index (χ0v) is 22.3. The van der Waals surface area contributed by atoms with Crippen molar-refractivity contribution in [3.63, 3.8) is 0 Å². The summed E-state index contributed by atoms with van der Waals surface area (Å²) in [7, 11) is 0. The summed E-state index contributed by atoms with van der Waals surface area (Å²) in [6.07, 6.45) is 13.6. The van der Waals surface area contributed by atoms with Gasteiger partial charge in [-0.2, -0.15) is 0 Å². The molecule has 3 nitrogen and oxygen atoms in total. The van der Waals surface area contributed by atoms with Gasteiger partial charge in [-0.15, -0.1) is 0 Å². The van der Waals surface area contributed by atoms with E-state index >= 15 is 0 Å². The Morgan fingerprint density at radius 1 is 0.909 bits per heavy atom. The Bertz CT molecular complexity index is 804. The minimum atomic E-state index is -0.228. The monoisotopic (exact) mass is 458 g/mol. The molecule has 5 rings (SSSR count). The van der Waals surface area contributed by atoms with Crippen molar-refractivity contribution in [2.75, 3.05) is 0 Å². The number of hydrogen-bond acceptors (Lipinski definition) is 3. The van der Waals surface area contributed by atoms with Gasteiger partial charge in [0.25, 0.3) is 0 Å². The predicted molar refractivity (Wildman–Crippen MR) is 134 cm³/mol. The molecule has 0 aromatic rings. The molecular formula is C30H50O3. The topological polar surface area (TPSA) is 49.7 Å². The van der Waals surface area contributed by atoms with Gasteiger partial charge in [-0.05, 0) is 134 Å². The Balaban J connectivity index is 1.37. The van der Waals surface area contributed by atoms with Crippen LogP contribution >= 0.6 is 0 Å². The highest BCUT2D eigenvalue weighted by Gasteiger charge is 2.82. The molecule has 5 aliphatic rings. The lowest BCUT2D eigenvalue weighted by Gasteiger charge is -2.63. The van der Waals surface area contributed by atoms with Crippen molar-refractivity contribution in [2.45, 2.75) is 124 Å². The van der Waals surface area contributed by atoms with Gasteiger partial charge in [-0.25, -0.2) is 4.89 Å². The van der Waals surface area contributed by atoms with Crippen LogP contribution in [0.1, 0.15) is 112 Å². The Labute approximate surface area is 202 Å². The first-order chi connectivity index (χ1) is 15.4. The molecule has 0 radical (unpaired) electrons. The van der Waals surface area contributed by atoms with Crippen molar-refractivity contribution in [2.24, 2.45) is 50.7 Å². The molecule has 5 fully saturated rings. The van der Waals surface area contributed by atoms with Crippen LogP contribution in [0.4, 0.5) is 0 Å². The van der Waals surface area contributed by atoms with E-state index in [0.717, 1.165) is 36.7 Å². The number of aliphatic hydroxyl groups is 1. The SMILES string of the molecule is C=C(C)C(CCC(C)[C@H]1CC[C@@]2(C)[C@@H]3CCC4C(C)(C)[C@@H](O)CC[C@@]45C[C@@]35CC[C@]12C)OO. The first-order valence-electron chi connectivity index (χ1n) is 14.0. The summed E-state index contributed by atoms with van der Waals surface area (Å²) in [5, 5.41) is 20.1. The molecule has 5 saturated carbocycles. The van der Waals surface area contributed by atoms with Crippen molar-refractivity contribution in [3.8, 4) is 0 Å². The van der Waals surface area contributed by atoms with Gasteiger partial charge >= 0.3 is 0 Å². The van der Waals surface area contributed by atoms with E-state index in [1.807, 2.05) is 6.92 Å². The summed E-state index contributed by atoms with van der Waals surface area (Å²) in [4.78, 5) is 4.72. The summed E-state index contributed by atoms with van der Waals surface area (Å²) < 4.78 is 0. The molecule has 0 aromatic carbocycles. The van der Waals surface area contributed by atoms with E-state index in [4.69, 9.17) is 4.89 Å². The molecule has 3 heteroatoms. The summed E-state index contributed by atoms with van der Waals surface area (Å²) in [5.74, 6) is 3.00. The van der Waals surface area contributed by atoms with Crippen LogP contribution in [0.25, 0.3) is 0 Å². The zero-order valence-electron chi connectivity index (χ0n) is 22.3. The van der Waals surface area contributed by atoms with Crippen LogP contribution in [0.15, 0.2) is 12.2 Å². The third-order valence-electron chi connectivity index (χ3n) is 13.4. The van der Waals surface area contributed by atoms with Gasteiger partial charge in [0.1, 0.15) is 6.10 Å². The van der Waals surface area contributed by atoms with Crippen LogP contribution in [0.2, 0.25) is 0 Å². The van der Waals surface area contributed by atoms with Crippen molar-refractivity contribution < 1.29 is 15.3 Å². The maximum Gasteiger partial charge on any atom is 0.113 e. The van der Waals surface area contributed by atoms with E-state index in [1.165, 1.54) is 51.4 Å². The van der Waals surface area contributed by atoms with E-state index in [9.17, 15) is 10.4 Å². The summed E-state index contributed by atoms with van der Waals surface area (Å²) in [6, 6.07) is 0. The van der Waals surface area contributed by atoms with Crippen LogP contribution in [0.3, 0.4) is 0 Å². The molecule has 188 valence electrons. The zero-order chi connectivity index (χ0) is 24.0. The second-order valence-corrected chi connectivity index (χ2v) is 14.5. The Morgan fingerprint density at radius 3 is 2.24 bits per heavy atom. The van der Waals surface area contributed by atoms with Gasteiger partial charge in [-0.3, -0.25) is 5.26 Å². The molecule has 0 heterocycles. The smallest absolute Gasteiger partial charge is 0.113 e. The molecule has 2 spiro atoms. The number of aliphatic hydroxyl groups excluding tert-OH is 1. The molecule has 5 aliphatic carbocycles. The van der Waals surface area contributed by atoms with Gasteiger partial charge < -0.3 is 5.11 Å². The lowest BCUT2D eigenvalue weighted by molar-refractivity contribution is -0.270. The number of rotatable bonds is 6. The lowest BCUT2D eigenvalue weighted by Crippen LogP contribution is -2.57. The van der Waals surface area contributed by atoms with Crippen molar-refractivity contribution in [3.05, 3.63) is 12.2 Å². The minimum Gasteiger partial charge on any atom is -0.393 e. The summed E-state index contributed by atoms with van der Waals surface area (Å²) in [6.45, 7) is 18.5. The van der Waals surface area contributed by atoms with E-state index in [0.29, 0.717) is 33.5 Å². The second-order valence-electron chi connectivity index (χ2n) is 14.5. The molecule has 2 N–H and O–H groups in total. The predicted octanol–water partition coefficient (Wildman–Crippen LogP) is 7.64. The Kier molecular flexibility index (Phi) is 5.57. The van der Waals surface area contributed by atoms with Gasteiger partial charge in [0.2, 0.25) is 0 Å². The first-order valence-corrected chi connectivity index (χ1v) is 14.0. The first kappa shape index (κ1) is 24.3. The standard InChI is InChI=1S/C30H50O3/c1-19(2)22(33-32)9-8-20(3)21-12-14-28(7)24-11-10-23-26(4,5)25(31)13-15-29(23)18-30(24,29)17-16-27(21,28)6/h20-25,31-32H,1,8-18H2,2-7H3/t20?,21-,22?,23?,24+,25+,27-,28+,29-,30+/m1/s1. The molecule has 0 bridgehead atoms. The van der Waals surface area contributed by atoms with Crippen LogP contribution < -0.4 is 0 Å². The number of fused-ring (bicyclic) bond motifs is 2. The highest BCUT2D eigenvalue weighted by atomic mass is 17.1. The molecule has 0 amide bonds. The molecule has 33 heavy (non-hydrogen) atoms. The van der Waals surface area contributed by atoms with Gasteiger partial charge in [-0.1, -0.05) is 41.2 Å². The third kappa shape index (κ3) is 2.97. The van der Waals surface area contributed by atoms with Crippen molar-refractivity contribution >= 4 is 0 Å². The normalized spacial score (nSPS) is 51.5. The van der Waals surface area contributed by atoms with Crippen LogP contribution in [0, 0.1) is 50.7 Å². The van der Waals surface area contributed by atoms with E-state index < -0.39 is 0 Å². The average molecular weight is 459 g/mol. The fourth-order valence-electron chi connectivity index (χ4n) is 11.3. The van der Waals surface area contributed by atoms with E-state index in [-0.39, 0.29) is 17.6 Å². The van der Waals surface area contributed by atoms with Gasteiger partial charge in [0.05, 0.1) is 6.10 Å². The van der Waals surface area contributed by atoms with Crippen molar-refractivity contribution in [1.29, 1.82) is 0 Å². The largest absolute Gasteiger partial charge is 0.393 e. The highest BCUT2D eigenvalue weighted by Crippen LogP contribution is 2.89. The lowest BCUT2D eigenvalue weighted by atomic mass is 9.41. The maximum absolute atomic E-state index is 10.9. The van der Waals surface area contributed by atoms with E-state index in [1.54, 1.807) is 0 Å². The molecule has 10 atom stereocenters. The molecule has 3 unspecified atom stereocenters. The second kappa shape index (κ2) is 7.56. The average Bonchev–Trinajstić information content (AvgIpc) is 3.34. The molecule has 0 aromatic heterocycles. The fourth-order valence-corrected chi connectivity index (χ4v) is 11.3. The fraction of sp³-hybridized carbons (Fsp3) is 0.933. The van der Waals surface area contributed by atoms with Gasteiger partial charge in [0, 0.05) is 0 Å².